The summed E-state index contributed by atoms with van der Waals surface area (Å²) in [6.45, 7) is 4.66. The van der Waals surface area contributed by atoms with Crippen molar-refractivity contribution in [3.8, 4) is 17.3 Å². The Morgan fingerprint density at radius 2 is 2.00 bits per heavy atom. The van der Waals surface area contributed by atoms with Crippen LogP contribution in [-0.4, -0.2) is 44.4 Å². The number of carbonyl (C=O) groups is 1. The zero-order valence-electron chi connectivity index (χ0n) is 16.4. The number of amides is 1. The first-order chi connectivity index (χ1) is 14.1. The van der Waals surface area contributed by atoms with Gasteiger partial charge in [-0.1, -0.05) is 6.07 Å². The lowest BCUT2D eigenvalue weighted by atomic mass is 10.1. The van der Waals surface area contributed by atoms with E-state index in [0.717, 1.165) is 30.5 Å². The molecule has 3 aromatic heterocycles. The number of aryl methyl sites for hydroxylation is 2. The summed E-state index contributed by atoms with van der Waals surface area (Å²) in [5.74, 6) is 1.35. The molecule has 3 aromatic rings. The highest BCUT2D eigenvalue weighted by Gasteiger charge is 2.49. The predicted octanol–water partition coefficient (Wildman–Crippen LogP) is 3.43. The highest BCUT2D eigenvalue weighted by Crippen LogP contribution is 2.40. The second-order valence-corrected chi connectivity index (χ2v) is 7.94. The van der Waals surface area contributed by atoms with Gasteiger partial charge in [0.05, 0.1) is 17.8 Å². The Morgan fingerprint density at radius 1 is 1.14 bits per heavy atom. The Bertz CT molecular complexity index is 1030. The molecule has 29 heavy (non-hydrogen) atoms. The first-order valence-electron chi connectivity index (χ1n) is 9.85. The van der Waals surface area contributed by atoms with Crippen molar-refractivity contribution < 1.29 is 13.9 Å². The van der Waals surface area contributed by atoms with Crippen LogP contribution in [0.15, 0.2) is 47.5 Å². The number of hydrogen-bond donors (Lipinski definition) is 0. The van der Waals surface area contributed by atoms with Crippen LogP contribution in [0.5, 0.6) is 5.88 Å². The van der Waals surface area contributed by atoms with Crippen LogP contribution in [0.1, 0.15) is 34.5 Å². The topological polar surface area (TPSA) is 81.4 Å². The van der Waals surface area contributed by atoms with Gasteiger partial charge >= 0.3 is 0 Å². The maximum atomic E-state index is 13.4. The smallest absolute Gasteiger partial charge is 0.273 e. The number of fused-ring (bicyclic) bond motifs is 2. The molecule has 0 aromatic carbocycles. The second-order valence-electron chi connectivity index (χ2n) is 7.94. The molecule has 3 atom stereocenters. The summed E-state index contributed by atoms with van der Waals surface area (Å²) >= 11 is 0. The Labute approximate surface area is 168 Å². The number of pyridine rings is 2. The normalized spacial score (nSPS) is 22.8. The maximum Gasteiger partial charge on any atom is 0.273 e. The Balaban J connectivity index is 1.40. The zero-order valence-corrected chi connectivity index (χ0v) is 16.4. The average molecular weight is 390 g/mol. The molecule has 0 radical (unpaired) electrons. The van der Waals surface area contributed by atoms with Gasteiger partial charge in [0.2, 0.25) is 11.8 Å². The fourth-order valence-electron chi connectivity index (χ4n) is 4.40. The van der Waals surface area contributed by atoms with Gasteiger partial charge < -0.3 is 14.1 Å². The van der Waals surface area contributed by atoms with E-state index in [1.165, 1.54) is 6.26 Å². The van der Waals surface area contributed by atoms with Crippen LogP contribution in [-0.2, 0) is 0 Å². The monoisotopic (exact) mass is 390 g/mol. The summed E-state index contributed by atoms with van der Waals surface area (Å²) in [5, 5.41) is 0. The summed E-state index contributed by atoms with van der Waals surface area (Å²) in [6, 6.07) is 5.79. The highest BCUT2D eigenvalue weighted by atomic mass is 16.5. The number of aromatic nitrogens is 3. The third-order valence-corrected chi connectivity index (χ3v) is 5.73. The predicted molar refractivity (Wildman–Crippen MR) is 105 cm³/mol. The van der Waals surface area contributed by atoms with Gasteiger partial charge in [-0.2, -0.15) is 0 Å². The van der Waals surface area contributed by atoms with Crippen LogP contribution in [0.25, 0.3) is 11.5 Å². The molecule has 5 rings (SSSR count). The molecule has 2 bridgehead atoms. The molecular weight excluding hydrogens is 368 g/mol. The van der Waals surface area contributed by atoms with Gasteiger partial charge in [-0.15, -0.1) is 0 Å². The number of ether oxygens (including phenoxy) is 1. The third-order valence-electron chi connectivity index (χ3n) is 5.73. The molecule has 148 valence electrons. The molecule has 3 unspecified atom stereocenters. The molecule has 0 N–H and O–H groups in total. The number of hydrogen-bond acceptors (Lipinski definition) is 6. The molecule has 1 aliphatic heterocycles. The van der Waals surface area contributed by atoms with Crippen molar-refractivity contribution in [1.29, 1.82) is 0 Å². The van der Waals surface area contributed by atoms with E-state index in [-0.39, 0.29) is 18.1 Å². The van der Waals surface area contributed by atoms with Crippen LogP contribution >= 0.6 is 0 Å². The molecule has 7 heteroatoms. The first kappa shape index (κ1) is 17.8. The molecular formula is C22H22N4O3. The summed E-state index contributed by atoms with van der Waals surface area (Å²) < 4.78 is 11.6. The van der Waals surface area contributed by atoms with E-state index in [9.17, 15) is 4.79 Å². The van der Waals surface area contributed by atoms with Gasteiger partial charge in [-0.05, 0) is 49.8 Å². The Hall–Kier alpha value is -3.22. The van der Waals surface area contributed by atoms with E-state index < -0.39 is 0 Å². The lowest BCUT2D eigenvalue weighted by Gasteiger charge is -2.33. The zero-order chi connectivity index (χ0) is 20.0. The minimum absolute atomic E-state index is 0.0242. The lowest BCUT2D eigenvalue weighted by Crippen LogP contribution is -2.47. The van der Waals surface area contributed by atoms with Crippen molar-refractivity contribution in [1.82, 2.24) is 19.9 Å². The van der Waals surface area contributed by atoms with Crippen molar-refractivity contribution in [2.45, 2.75) is 38.8 Å². The number of piperidine rings is 1. The quantitative estimate of drug-likeness (QED) is 0.679. The highest BCUT2D eigenvalue weighted by molar-refractivity contribution is 5.98. The molecule has 1 saturated carbocycles. The SMILES string of the molecule is Cc1ccc(OC2CC3CC2N(C(=O)c2ncc(C)cc2-c2ncco2)C3)nc1. The summed E-state index contributed by atoms with van der Waals surface area (Å²) in [4.78, 5) is 28.3. The van der Waals surface area contributed by atoms with Crippen molar-refractivity contribution in [2.75, 3.05) is 6.54 Å². The van der Waals surface area contributed by atoms with Gasteiger partial charge in [0.15, 0.2) is 0 Å². The molecule has 0 spiro atoms. The van der Waals surface area contributed by atoms with Gasteiger partial charge in [-0.25, -0.2) is 15.0 Å². The van der Waals surface area contributed by atoms with Gasteiger partial charge in [0.1, 0.15) is 18.1 Å². The van der Waals surface area contributed by atoms with Crippen LogP contribution < -0.4 is 4.74 Å². The van der Waals surface area contributed by atoms with Gasteiger partial charge in [0.25, 0.3) is 5.91 Å². The van der Waals surface area contributed by atoms with Crippen molar-refractivity contribution in [3.63, 3.8) is 0 Å². The summed E-state index contributed by atoms with van der Waals surface area (Å²) in [6.07, 6.45) is 8.41. The number of nitrogens with zero attached hydrogens (tertiary/aromatic N) is 4. The lowest BCUT2D eigenvalue weighted by molar-refractivity contribution is 0.0462. The number of likely N-dealkylation sites (tertiary alicyclic amines) is 1. The molecule has 4 heterocycles. The average Bonchev–Trinajstić information content (AvgIpc) is 3.46. The number of oxazole rings is 1. The molecule has 1 saturated heterocycles. The molecule has 1 amide bonds. The van der Waals surface area contributed by atoms with E-state index in [0.29, 0.717) is 28.9 Å². The van der Waals surface area contributed by atoms with Crippen molar-refractivity contribution in [2.24, 2.45) is 5.92 Å². The number of carbonyl (C=O) groups excluding carboxylic acids is 1. The third kappa shape index (κ3) is 3.26. The fraction of sp³-hybridized carbons (Fsp3) is 0.364. The van der Waals surface area contributed by atoms with Crippen molar-refractivity contribution in [3.05, 3.63) is 59.9 Å². The summed E-state index contributed by atoms with van der Waals surface area (Å²) in [7, 11) is 0. The molecule has 2 aliphatic rings. The first-order valence-corrected chi connectivity index (χ1v) is 9.85. The standard InChI is InChI=1S/C22H22N4O3/c1-13-3-4-19(24-10-13)29-18-9-15-8-17(18)26(12-15)22(27)20-16(7-14(2)11-25-20)21-23-5-6-28-21/h3-7,10-11,15,17-18H,8-9,12H2,1-2H3. The van der Waals surface area contributed by atoms with Gasteiger partial charge in [0, 0.05) is 25.0 Å². The maximum absolute atomic E-state index is 13.4. The van der Waals surface area contributed by atoms with E-state index in [2.05, 4.69) is 15.0 Å². The van der Waals surface area contributed by atoms with Crippen molar-refractivity contribution >= 4 is 5.91 Å². The van der Waals surface area contributed by atoms with Crippen LogP contribution in [0.3, 0.4) is 0 Å². The Morgan fingerprint density at radius 3 is 2.72 bits per heavy atom. The van der Waals surface area contributed by atoms with Gasteiger partial charge in [-0.3, -0.25) is 4.79 Å². The minimum Gasteiger partial charge on any atom is -0.472 e. The van der Waals surface area contributed by atoms with E-state index >= 15 is 0 Å². The van der Waals surface area contributed by atoms with E-state index in [4.69, 9.17) is 9.15 Å². The molecule has 7 nitrogen and oxygen atoms in total. The molecule has 1 aliphatic carbocycles. The number of rotatable bonds is 4. The van der Waals surface area contributed by atoms with Crippen LogP contribution in [0.4, 0.5) is 0 Å². The molecule has 2 fully saturated rings. The fourth-order valence-corrected chi connectivity index (χ4v) is 4.40. The van der Waals surface area contributed by atoms with Crippen LogP contribution in [0, 0.1) is 19.8 Å². The second kappa shape index (κ2) is 6.99. The van der Waals surface area contributed by atoms with E-state index in [1.807, 2.05) is 36.9 Å². The summed E-state index contributed by atoms with van der Waals surface area (Å²) in [5.41, 5.74) is 3.04. The Kier molecular flexibility index (Phi) is 4.30. The van der Waals surface area contributed by atoms with Crippen LogP contribution in [0.2, 0.25) is 0 Å². The largest absolute Gasteiger partial charge is 0.472 e. The minimum atomic E-state index is -0.101. The van der Waals surface area contributed by atoms with E-state index in [1.54, 1.807) is 18.6 Å².